The molecule has 156 valence electrons. The van der Waals surface area contributed by atoms with Crippen LogP contribution in [0.15, 0.2) is 24.3 Å². The Balaban J connectivity index is 1.63. The van der Waals surface area contributed by atoms with Crippen molar-refractivity contribution in [1.82, 2.24) is 10.6 Å². The summed E-state index contributed by atoms with van der Waals surface area (Å²) < 4.78 is 22.4. The van der Waals surface area contributed by atoms with Crippen LogP contribution in [0.3, 0.4) is 0 Å². The molecular formula is C21H32N2O5. The Labute approximate surface area is 167 Å². The molecule has 1 aliphatic carbocycles. The second-order valence-electron chi connectivity index (χ2n) is 8.44. The van der Waals surface area contributed by atoms with Crippen molar-refractivity contribution >= 4 is 6.09 Å². The first-order valence-corrected chi connectivity index (χ1v) is 9.92. The summed E-state index contributed by atoms with van der Waals surface area (Å²) in [4.78, 5) is 12.4. The average Bonchev–Trinajstić information content (AvgIpc) is 3.08. The van der Waals surface area contributed by atoms with Gasteiger partial charge in [-0.05, 0) is 44.9 Å². The maximum atomic E-state index is 12.4. The molecule has 1 amide bonds. The number of alkyl carbamates (subject to hydrolysis) is 1. The highest BCUT2D eigenvalue weighted by Crippen LogP contribution is 2.36. The van der Waals surface area contributed by atoms with Crippen LogP contribution < -0.4 is 15.4 Å². The summed E-state index contributed by atoms with van der Waals surface area (Å²) in [6.07, 6.45) is 1.84. The summed E-state index contributed by atoms with van der Waals surface area (Å²) in [5.74, 6) is 0.251. The number of methoxy groups -OCH3 is 1. The molecule has 0 bridgehead atoms. The van der Waals surface area contributed by atoms with E-state index in [1.165, 1.54) is 0 Å². The number of hydrogen-bond donors (Lipinski definition) is 2. The van der Waals surface area contributed by atoms with Gasteiger partial charge in [-0.2, -0.15) is 0 Å². The molecule has 1 saturated carbocycles. The number of nitrogens with one attached hydrogen (secondary N) is 2. The van der Waals surface area contributed by atoms with Crippen molar-refractivity contribution in [2.24, 2.45) is 0 Å². The Morgan fingerprint density at radius 3 is 2.46 bits per heavy atom. The Bertz CT molecular complexity index is 650. The normalized spacial score (nSPS) is 24.1. The Morgan fingerprint density at radius 1 is 1.18 bits per heavy atom. The Hall–Kier alpha value is -1.83. The van der Waals surface area contributed by atoms with Gasteiger partial charge < -0.3 is 29.6 Å². The standard InChI is InChI=1S/C21H32N2O5/c1-20(2,3)28-19(24)23-18-13-21(26-11-12-27-21)10-9-17(18)22-14-15-5-7-16(25-4)8-6-15/h5-8,17-18,22H,9-14H2,1-4H3,(H,23,24)/t17-,18-/m1/s1. The molecule has 0 radical (unpaired) electrons. The molecule has 1 aliphatic heterocycles. The second kappa shape index (κ2) is 8.68. The molecule has 1 aromatic carbocycles. The minimum absolute atomic E-state index is 0.105. The zero-order valence-electron chi connectivity index (χ0n) is 17.2. The van der Waals surface area contributed by atoms with Gasteiger partial charge in [-0.1, -0.05) is 12.1 Å². The summed E-state index contributed by atoms with van der Waals surface area (Å²) in [6.45, 7) is 7.48. The van der Waals surface area contributed by atoms with Gasteiger partial charge in [0.05, 0.1) is 26.4 Å². The summed E-state index contributed by atoms with van der Waals surface area (Å²) in [6, 6.07) is 7.94. The molecule has 7 heteroatoms. The molecule has 2 N–H and O–H groups in total. The summed E-state index contributed by atoms with van der Waals surface area (Å²) in [5.41, 5.74) is 0.619. The highest BCUT2D eigenvalue weighted by Gasteiger charge is 2.45. The van der Waals surface area contributed by atoms with Gasteiger partial charge in [0.2, 0.25) is 0 Å². The van der Waals surface area contributed by atoms with Crippen LogP contribution in [-0.4, -0.2) is 49.9 Å². The van der Waals surface area contributed by atoms with Crippen molar-refractivity contribution in [1.29, 1.82) is 0 Å². The number of rotatable bonds is 5. The van der Waals surface area contributed by atoms with Gasteiger partial charge >= 0.3 is 6.09 Å². The molecule has 7 nitrogen and oxygen atoms in total. The minimum Gasteiger partial charge on any atom is -0.497 e. The van der Waals surface area contributed by atoms with Gasteiger partial charge in [-0.25, -0.2) is 4.79 Å². The predicted octanol–water partition coefficient (Wildman–Crippen LogP) is 2.97. The highest BCUT2D eigenvalue weighted by molar-refractivity contribution is 5.68. The second-order valence-corrected chi connectivity index (χ2v) is 8.44. The van der Waals surface area contributed by atoms with E-state index in [4.69, 9.17) is 18.9 Å². The van der Waals surface area contributed by atoms with E-state index in [9.17, 15) is 4.79 Å². The molecule has 2 atom stereocenters. The van der Waals surface area contributed by atoms with E-state index in [0.29, 0.717) is 26.2 Å². The topological polar surface area (TPSA) is 78.1 Å². The Kier molecular flexibility index (Phi) is 6.47. The number of carbonyl (C=O) groups excluding carboxylic acids is 1. The molecule has 1 saturated heterocycles. The first-order chi connectivity index (χ1) is 13.3. The third-order valence-corrected chi connectivity index (χ3v) is 5.10. The smallest absolute Gasteiger partial charge is 0.407 e. The third-order valence-electron chi connectivity index (χ3n) is 5.10. The van der Waals surface area contributed by atoms with E-state index in [1.54, 1.807) is 7.11 Å². The van der Waals surface area contributed by atoms with Gasteiger partial charge in [0, 0.05) is 25.4 Å². The highest BCUT2D eigenvalue weighted by atomic mass is 16.7. The quantitative estimate of drug-likeness (QED) is 0.802. The molecule has 1 heterocycles. The fourth-order valence-corrected chi connectivity index (χ4v) is 3.76. The maximum absolute atomic E-state index is 12.4. The predicted molar refractivity (Wildman–Crippen MR) is 105 cm³/mol. The average molecular weight is 392 g/mol. The van der Waals surface area contributed by atoms with Crippen LogP contribution in [0.25, 0.3) is 0 Å². The number of ether oxygens (including phenoxy) is 4. The van der Waals surface area contributed by atoms with Gasteiger partial charge in [0.15, 0.2) is 5.79 Å². The summed E-state index contributed by atoms with van der Waals surface area (Å²) >= 11 is 0. The van der Waals surface area contributed by atoms with E-state index in [1.807, 2.05) is 45.0 Å². The van der Waals surface area contributed by atoms with E-state index >= 15 is 0 Å². The Morgan fingerprint density at radius 2 is 1.86 bits per heavy atom. The van der Waals surface area contributed by atoms with Crippen LogP contribution in [0, 0.1) is 0 Å². The van der Waals surface area contributed by atoms with E-state index in [-0.39, 0.29) is 12.1 Å². The largest absolute Gasteiger partial charge is 0.497 e. The lowest BCUT2D eigenvalue weighted by Gasteiger charge is -2.41. The van der Waals surface area contributed by atoms with Gasteiger partial charge in [-0.15, -0.1) is 0 Å². The van der Waals surface area contributed by atoms with Gasteiger partial charge in [-0.3, -0.25) is 0 Å². The fourth-order valence-electron chi connectivity index (χ4n) is 3.76. The molecule has 0 unspecified atom stereocenters. The van der Waals surface area contributed by atoms with Crippen molar-refractivity contribution in [2.75, 3.05) is 20.3 Å². The summed E-state index contributed by atoms with van der Waals surface area (Å²) in [7, 11) is 1.66. The first-order valence-electron chi connectivity index (χ1n) is 9.92. The fraction of sp³-hybridized carbons (Fsp3) is 0.667. The van der Waals surface area contributed by atoms with E-state index < -0.39 is 17.5 Å². The lowest BCUT2D eigenvalue weighted by molar-refractivity contribution is -0.184. The molecule has 2 aliphatic rings. The van der Waals surface area contributed by atoms with Crippen LogP contribution in [0.2, 0.25) is 0 Å². The number of benzene rings is 1. The van der Waals surface area contributed by atoms with Gasteiger partial charge in [0.25, 0.3) is 0 Å². The molecule has 2 fully saturated rings. The van der Waals surface area contributed by atoms with Crippen molar-refractivity contribution in [3.05, 3.63) is 29.8 Å². The molecule has 3 rings (SSSR count). The van der Waals surface area contributed by atoms with Crippen LogP contribution in [0.1, 0.15) is 45.6 Å². The molecule has 28 heavy (non-hydrogen) atoms. The number of carbonyl (C=O) groups is 1. The molecule has 1 aromatic rings. The number of hydrogen-bond acceptors (Lipinski definition) is 6. The molecule has 0 aromatic heterocycles. The van der Waals surface area contributed by atoms with Crippen LogP contribution in [-0.2, 0) is 20.8 Å². The van der Waals surface area contributed by atoms with Crippen molar-refractivity contribution in [3.63, 3.8) is 0 Å². The zero-order valence-corrected chi connectivity index (χ0v) is 17.2. The zero-order chi connectivity index (χ0) is 20.2. The van der Waals surface area contributed by atoms with Crippen LogP contribution in [0.5, 0.6) is 5.75 Å². The first kappa shape index (κ1) is 20.9. The van der Waals surface area contributed by atoms with Crippen LogP contribution in [0.4, 0.5) is 4.79 Å². The number of amides is 1. The van der Waals surface area contributed by atoms with Crippen molar-refractivity contribution in [2.45, 2.75) is 70.1 Å². The van der Waals surface area contributed by atoms with Crippen LogP contribution >= 0.6 is 0 Å². The summed E-state index contributed by atoms with van der Waals surface area (Å²) in [5, 5.41) is 6.61. The monoisotopic (exact) mass is 392 g/mol. The molecule has 1 spiro atoms. The van der Waals surface area contributed by atoms with Crippen molar-refractivity contribution < 1.29 is 23.7 Å². The van der Waals surface area contributed by atoms with E-state index in [0.717, 1.165) is 24.2 Å². The van der Waals surface area contributed by atoms with E-state index in [2.05, 4.69) is 10.6 Å². The lowest BCUT2D eigenvalue weighted by Crippen LogP contribution is -2.58. The van der Waals surface area contributed by atoms with Gasteiger partial charge in [0.1, 0.15) is 11.4 Å². The SMILES string of the molecule is COc1ccc(CN[C@@H]2CCC3(C[C@H]2NC(=O)OC(C)(C)C)OCCO3)cc1. The van der Waals surface area contributed by atoms with Crippen molar-refractivity contribution in [3.8, 4) is 5.75 Å². The minimum atomic E-state index is -0.585. The lowest BCUT2D eigenvalue weighted by atomic mass is 9.85. The maximum Gasteiger partial charge on any atom is 0.407 e. The molecular weight excluding hydrogens is 360 g/mol. The third kappa shape index (κ3) is 5.59.